The number of hydrogen-bond donors (Lipinski definition) is 2. The van der Waals surface area contributed by atoms with Crippen LogP contribution in [0.15, 0.2) is 23.2 Å². The fourth-order valence-corrected chi connectivity index (χ4v) is 3.56. The molecule has 0 radical (unpaired) electrons. The van der Waals surface area contributed by atoms with Gasteiger partial charge in [-0.2, -0.15) is 13.2 Å². The van der Waals surface area contributed by atoms with Gasteiger partial charge in [-0.25, -0.2) is 0 Å². The van der Waals surface area contributed by atoms with Crippen molar-refractivity contribution < 1.29 is 13.2 Å². The van der Waals surface area contributed by atoms with E-state index < -0.39 is 12.7 Å². The highest BCUT2D eigenvalue weighted by Gasteiger charge is 2.34. The molecule has 0 saturated carbocycles. The third kappa shape index (κ3) is 8.20. The van der Waals surface area contributed by atoms with Crippen molar-refractivity contribution in [3.63, 3.8) is 0 Å². The molecule has 0 spiro atoms. The molecule has 1 unspecified atom stereocenters. The third-order valence-electron chi connectivity index (χ3n) is 4.61. The Hall–Kier alpha value is -1.76. The number of aryl methyl sites for hydroxylation is 2. The Balaban J connectivity index is 1.80. The van der Waals surface area contributed by atoms with Crippen LogP contribution in [-0.2, 0) is 6.42 Å². The Kier molecular flexibility index (Phi) is 7.95. The second kappa shape index (κ2) is 9.97. The number of likely N-dealkylation sites (tertiary alicyclic amines) is 1. The predicted molar refractivity (Wildman–Crippen MR) is 104 cm³/mol. The average molecular weight is 384 g/mol. The molecular formula is C20H31F3N4. The Labute approximate surface area is 160 Å². The molecule has 0 amide bonds. The van der Waals surface area contributed by atoms with Gasteiger partial charge in [-0.15, -0.1) is 0 Å². The van der Waals surface area contributed by atoms with Crippen LogP contribution >= 0.6 is 0 Å². The molecule has 0 aliphatic carbocycles. The molecule has 2 N–H and O–H groups in total. The van der Waals surface area contributed by atoms with E-state index in [-0.39, 0.29) is 5.92 Å². The highest BCUT2D eigenvalue weighted by Crippen LogP contribution is 2.22. The van der Waals surface area contributed by atoms with Crippen LogP contribution in [0.25, 0.3) is 0 Å². The molecule has 152 valence electrons. The first kappa shape index (κ1) is 21.5. The Morgan fingerprint density at radius 3 is 2.52 bits per heavy atom. The van der Waals surface area contributed by atoms with Gasteiger partial charge >= 0.3 is 6.18 Å². The number of nitrogens with zero attached hydrogens (tertiary/aromatic N) is 2. The van der Waals surface area contributed by atoms with Crippen molar-refractivity contribution in [2.24, 2.45) is 10.9 Å². The second-order valence-corrected chi connectivity index (χ2v) is 7.40. The molecule has 1 atom stereocenters. The summed E-state index contributed by atoms with van der Waals surface area (Å²) in [6, 6.07) is 6.53. The molecule has 1 fully saturated rings. The van der Waals surface area contributed by atoms with E-state index in [1.54, 1.807) is 0 Å². The zero-order valence-corrected chi connectivity index (χ0v) is 16.5. The molecular weight excluding hydrogens is 353 g/mol. The van der Waals surface area contributed by atoms with Crippen molar-refractivity contribution in [1.82, 2.24) is 15.5 Å². The van der Waals surface area contributed by atoms with E-state index in [0.717, 1.165) is 31.9 Å². The van der Waals surface area contributed by atoms with Crippen molar-refractivity contribution in [3.05, 3.63) is 34.9 Å². The summed E-state index contributed by atoms with van der Waals surface area (Å²) in [7, 11) is 0. The number of nitrogens with one attached hydrogen (secondary N) is 2. The number of benzene rings is 1. The third-order valence-corrected chi connectivity index (χ3v) is 4.61. The van der Waals surface area contributed by atoms with Crippen molar-refractivity contribution in [3.8, 4) is 0 Å². The summed E-state index contributed by atoms with van der Waals surface area (Å²) in [5.41, 5.74) is 3.81. The van der Waals surface area contributed by atoms with E-state index >= 15 is 0 Å². The molecule has 1 aromatic carbocycles. The van der Waals surface area contributed by atoms with E-state index in [2.05, 4.69) is 47.7 Å². The molecule has 27 heavy (non-hydrogen) atoms. The number of halogens is 3. The normalized spacial score (nSPS) is 18.7. The second-order valence-electron chi connectivity index (χ2n) is 7.40. The van der Waals surface area contributed by atoms with Gasteiger partial charge < -0.3 is 10.6 Å². The van der Waals surface area contributed by atoms with Gasteiger partial charge in [-0.3, -0.25) is 9.89 Å². The van der Waals surface area contributed by atoms with Crippen molar-refractivity contribution >= 4 is 5.96 Å². The number of aliphatic imine (C=N–C) groups is 1. The number of guanidine groups is 1. The zero-order chi connectivity index (χ0) is 19.9. The summed E-state index contributed by atoms with van der Waals surface area (Å²) in [6.45, 7) is 8.40. The largest absolute Gasteiger partial charge is 0.401 e. The van der Waals surface area contributed by atoms with Crippen molar-refractivity contribution in [1.29, 1.82) is 0 Å². The summed E-state index contributed by atoms with van der Waals surface area (Å²) in [4.78, 5) is 6.05. The van der Waals surface area contributed by atoms with Gasteiger partial charge in [0.05, 0.1) is 6.54 Å². The maximum atomic E-state index is 12.5. The van der Waals surface area contributed by atoms with E-state index in [1.807, 2.05) is 6.92 Å². The minimum Gasteiger partial charge on any atom is -0.357 e. The highest BCUT2D eigenvalue weighted by molar-refractivity contribution is 5.79. The molecule has 1 aromatic rings. The fourth-order valence-electron chi connectivity index (χ4n) is 3.56. The van der Waals surface area contributed by atoms with E-state index in [9.17, 15) is 13.2 Å². The predicted octanol–water partition coefficient (Wildman–Crippen LogP) is 3.29. The van der Waals surface area contributed by atoms with Gasteiger partial charge in [-0.05, 0) is 51.6 Å². The summed E-state index contributed by atoms with van der Waals surface area (Å²) in [6.07, 6.45) is -2.46. The van der Waals surface area contributed by atoms with Crippen LogP contribution in [0.1, 0.15) is 30.0 Å². The first-order chi connectivity index (χ1) is 12.7. The molecule has 0 aromatic heterocycles. The first-order valence-electron chi connectivity index (χ1n) is 9.63. The molecule has 2 rings (SSSR count). The van der Waals surface area contributed by atoms with Crippen molar-refractivity contribution in [2.45, 2.75) is 39.8 Å². The van der Waals surface area contributed by atoms with Crippen LogP contribution in [0.2, 0.25) is 0 Å². The fraction of sp³-hybridized carbons (Fsp3) is 0.650. The summed E-state index contributed by atoms with van der Waals surface area (Å²) >= 11 is 0. The van der Waals surface area contributed by atoms with Crippen LogP contribution in [0.3, 0.4) is 0 Å². The van der Waals surface area contributed by atoms with Crippen molar-refractivity contribution in [2.75, 3.05) is 39.3 Å². The number of hydrogen-bond acceptors (Lipinski definition) is 2. The summed E-state index contributed by atoms with van der Waals surface area (Å²) < 4.78 is 37.5. The Morgan fingerprint density at radius 2 is 1.89 bits per heavy atom. The van der Waals surface area contributed by atoms with Crippen LogP contribution < -0.4 is 10.6 Å². The van der Waals surface area contributed by atoms with Crippen LogP contribution in [-0.4, -0.2) is 56.3 Å². The monoisotopic (exact) mass is 384 g/mol. The molecule has 1 aliphatic rings. The Bertz CT molecular complexity index is 608. The smallest absolute Gasteiger partial charge is 0.357 e. The van der Waals surface area contributed by atoms with E-state index in [1.165, 1.54) is 21.6 Å². The first-order valence-corrected chi connectivity index (χ1v) is 9.63. The average Bonchev–Trinajstić information content (AvgIpc) is 2.97. The van der Waals surface area contributed by atoms with Gasteiger partial charge in [0, 0.05) is 26.2 Å². The van der Waals surface area contributed by atoms with Crippen LogP contribution in [0.4, 0.5) is 13.2 Å². The van der Waals surface area contributed by atoms with Gasteiger partial charge in [0.25, 0.3) is 0 Å². The highest BCUT2D eigenvalue weighted by atomic mass is 19.4. The maximum Gasteiger partial charge on any atom is 0.401 e. The van der Waals surface area contributed by atoms with Crippen LogP contribution in [0, 0.1) is 19.8 Å². The lowest BCUT2D eigenvalue weighted by molar-refractivity contribution is -0.143. The molecule has 1 aliphatic heterocycles. The molecule has 7 heteroatoms. The van der Waals surface area contributed by atoms with E-state index in [0.29, 0.717) is 19.6 Å². The maximum absolute atomic E-state index is 12.5. The number of alkyl halides is 3. The van der Waals surface area contributed by atoms with Gasteiger partial charge in [0.15, 0.2) is 5.96 Å². The van der Waals surface area contributed by atoms with Crippen LogP contribution in [0.5, 0.6) is 0 Å². The lowest BCUT2D eigenvalue weighted by Crippen LogP contribution is -2.39. The van der Waals surface area contributed by atoms with Gasteiger partial charge in [0.1, 0.15) is 0 Å². The quantitative estimate of drug-likeness (QED) is 0.560. The lowest BCUT2D eigenvalue weighted by atomic mass is 10.1. The molecule has 1 heterocycles. The topological polar surface area (TPSA) is 39.7 Å². The lowest BCUT2D eigenvalue weighted by Gasteiger charge is -2.17. The SMILES string of the molecule is CCNC(=NCC1CCN(CC(F)(F)F)C1)NCCc1cc(C)cc(C)c1. The summed E-state index contributed by atoms with van der Waals surface area (Å²) in [5, 5.41) is 6.54. The molecule has 0 bridgehead atoms. The molecule has 1 saturated heterocycles. The zero-order valence-electron chi connectivity index (χ0n) is 16.5. The van der Waals surface area contributed by atoms with Gasteiger partial charge in [0.2, 0.25) is 0 Å². The Morgan fingerprint density at radius 1 is 1.19 bits per heavy atom. The van der Waals surface area contributed by atoms with E-state index in [4.69, 9.17) is 0 Å². The summed E-state index contributed by atoms with van der Waals surface area (Å²) in [5.74, 6) is 0.915. The molecule has 4 nitrogen and oxygen atoms in total. The minimum atomic E-state index is -4.12. The number of rotatable bonds is 7. The minimum absolute atomic E-state index is 0.183. The standard InChI is InChI=1S/C20H31F3N4/c1-4-24-19(25-7-5-17-10-15(2)9-16(3)11-17)26-12-18-6-8-27(13-18)14-20(21,22)23/h9-11,18H,4-8,12-14H2,1-3H3,(H2,24,25,26). The van der Waals surface area contributed by atoms with Gasteiger partial charge in [-0.1, -0.05) is 29.3 Å².